The number of aryl methyl sites for hydroxylation is 4. The third-order valence-corrected chi connectivity index (χ3v) is 6.26. The smallest absolute Gasteiger partial charge is 0.244 e. The first kappa shape index (κ1) is 23.7. The van der Waals surface area contributed by atoms with Crippen molar-refractivity contribution in [1.29, 1.82) is 0 Å². The van der Waals surface area contributed by atoms with Crippen LogP contribution < -0.4 is 14.4 Å². The molecule has 0 saturated heterocycles. The lowest BCUT2D eigenvalue weighted by atomic mass is 10.1. The Labute approximate surface area is 180 Å². The highest BCUT2D eigenvalue weighted by molar-refractivity contribution is 7.92. The third kappa shape index (κ3) is 5.98. The number of carbonyl (C=O) groups is 1. The second kappa shape index (κ2) is 9.98. The first-order chi connectivity index (χ1) is 14.0. The Hall–Kier alpha value is -2.54. The summed E-state index contributed by atoms with van der Waals surface area (Å²) < 4.78 is 32.1. The number of nitrogens with zero attached hydrogens (tertiary/aromatic N) is 1. The van der Waals surface area contributed by atoms with Gasteiger partial charge in [0.15, 0.2) is 0 Å². The molecule has 0 aliphatic heterocycles. The lowest BCUT2D eigenvalue weighted by Gasteiger charge is -2.30. The van der Waals surface area contributed by atoms with Gasteiger partial charge in [0.2, 0.25) is 15.9 Å². The number of sulfonamides is 1. The van der Waals surface area contributed by atoms with Crippen molar-refractivity contribution in [3.8, 4) is 5.75 Å². The SMILES string of the molecule is CC[C@@H](C(=O)NCCOc1cc(C)ccc1C)N(c1ccc(C)c(C)c1)S(C)(=O)=O. The zero-order valence-electron chi connectivity index (χ0n) is 18.7. The molecule has 30 heavy (non-hydrogen) atoms. The van der Waals surface area contributed by atoms with E-state index in [1.165, 1.54) is 4.31 Å². The van der Waals surface area contributed by atoms with Crippen molar-refractivity contribution in [3.63, 3.8) is 0 Å². The average Bonchev–Trinajstić information content (AvgIpc) is 2.67. The molecule has 0 heterocycles. The molecule has 2 rings (SSSR count). The van der Waals surface area contributed by atoms with Gasteiger partial charge >= 0.3 is 0 Å². The Morgan fingerprint density at radius 3 is 2.30 bits per heavy atom. The van der Waals surface area contributed by atoms with Crippen molar-refractivity contribution in [2.24, 2.45) is 0 Å². The van der Waals surface area contributed by atoms with E-state index < -0.39 is 16.1 Å². The Morgan fingerprint density at radius 2 is 1.70 bits per heavy atom. The molecule has 0 spiro atoms. The van der Waals surface area contributed by atoms with Crippen molar-refractivity contribution >= 4 is 21.6 Å². The Morgan fingerprint density at radius 1 is 1.03 bits per heavy atom. The minimum atomic E-state index is -3.65. The second-order valence-corrected chi connectivity index (χ2v) is 9.52. The van der Waals surface area contributed by atoms with E-state index in [0.29, 0.717) is 18.7 Å². The first-order valence-electron chi connectivity index (χ1n) is 10.1. The van der Waals surface area contributed by atoms with Crippen molar-refractivity contribution in [1.82, 2.24) is 5.32 Å². The van der Waals surface area contributed by atoms with E-state index in [2.05, 4.69) is 5.32 Å². The molecular formula is C23H32N2O4S. The molecule has 164 valence electrons. The number of hydrogen-bond donors (Lipinski definition) is 1. The van der Waals surface area contributed by atoms with E-state index in [-0.39, 0.29) is 12.5 Å². The van der Waals surface area contributed by atoms with Crippen LogP contribution in [0.25, 0.3) is 0 Å². The van der Waals surface area contributed by atoms with Crippen LogP contribution in [0.2, 0.25) is 0 Å². The lowest BCUT2D eigenvalue weighted by Crippen LogP contribution is -2.50. The fourth-order valence-corrected chi connectivity index (χ4v) is 4.44. The van der Waals surface area contributed by atoms with Crippen molar-refractivity contribution in [2.45, 2.75) is 47.1 Å². The summed E-state index contributed by atoms with van der Waals surface area (Å²) in [5, 5.41) is 2.82. The molecule has 0 bridgehead atoms. The Kier molecular flexibility index (Phi) is 7.89. The number of amides is 1. The standard InChI is InChI=1S/C23H32N2O4S/c1-7-21(25(30(6,27)28)20-11-10-17(3)19(5)15-20)23(26)24-12-13-29-22-14-16(2)8-9-18(22)4/h8-11,14-15,21H,7,12-13H2,1-6H3,(H,24,26)/t21-/m0/s1. The highest BCUT2D eigenvalue weighted by Crippen LogP contribution is 2.25. The minimum Gasteiger partial charge on any atom is -0.491 e. The van der Waals surface area contributed by atoms with Crippen molar-refractivity contribution in [2.75, 3.05) is 23.7 Å². The van der Waals surface area contributed by atoms with E-state index in [0.717, 1.165) is 34.3 Å². The second-order valence-electron chi connectivity index (χ2n) is 7.66. The molecule has 0 aromatic heterocycles. The number of rotatable bonds is 9. The maximum absolute atomic E-state index is 12.8. The van der Waals surface area contributed by atoms with Crippen LogP contribution in [0.1, 0.15) is 35.6 Å². The van der Waals surface area contributed by atoms with Crippen LogP contribution in [0.5, 0.6) is 5.75 Å². The number of carbonyl (C=O) groups excluding carboxylic acids is 1. The summed E-state index contributed by atoms with van der Waals surface area (Å²) in [6, 6.07) is 10.5. The number of nitrogens with one attached hydrogen (secondary N) is 1. The van der Waals surface area contributed by atoms with Crippen molar-refractivity contribution < 1.29 is 17.9 Å². The summed E-state index contributed by atoms with van der Waals surface area (Å²) in [5.41, 5.74) is 4.65. The molecule has 1 amide bonds. The van der Waals surface area contributed by atoms with Gasteiger partial charge < -0.3 is 10.1 Å². The highest BCUT2D eigenvalue weighted by atomic mass is 32.2. The maximum Gasteiger partial charge on any atom is 0.244 e. The molecule has 0 aliphatic rings. The van der Waals surface area contributed by atoms with Crippen LogP contribution >= 0.6 is 0 Å². The molecule has 0 saturated carbocycles. The van der Waals surface area contributed by atoms with Gasteiger partial charge in [-0.25, -0.2) is 8.42 Å². The largest absolute Gasteiger partial charge is 0.491 e. The predicted molar refractivity (Wildman–Crippen MR) is 122 cm³/mol. The van der Waals surface area contributed by atoms with Gasteiger partial charge in [0.25, 0.3) is 0 Å². The van der Waals surface area contributed by atoms with Gasteiger partial charge in [0.05, 0.1) is 18.5 Å². The summed E-state index contributed by atoms with van der Waals surface area (Å²) in [4.78, 5) is 12.8. The molecule has 6 nitrogen and oxygen atoms in total. The van der Waals surface area contributed by atoms with Crippen LogP contribution in [0.15, 0.2) is 36.4 Å². The lowest BCUT2D eigenvalue weighted by molar-refractivity contribution is -0.122. The maximum atomic E-state index is 12.8. The molecule has 0 fully saturated rings. The van der Waals surface area contributed by atoms with Gasteiger partial charge in [0, 0.05) is 0 Å². The van der Waals surface area contributed by atoms with Crippen LogP contribution in [-0.4, -0.2) is 39.8 Å². The fraction of sp³-hybridized carbons (Fsp3) is 0.435. The minimum absolute atomic E-state index is 0.285. The molecule has 0 radical (unpaired) electrons. The Bertz CT molecular complexity index is 1000. The van der Waals surface area contributed by atoms with Gasteiger partial charge in [-0.2, -0.15) is 0 Å². The van der Waals surface area contributed by atoms with E-state index in [9.17, 15) is 13.2 Å². The molecule has 1 N–H and O–H groups in total. The summed E-state index contributed by atoms with van der Waals surface area (Å²) in [6.45, 7) is 10.2. The highest BCUT2D eigenvalue weighted by Gasteiger charge is 2.31. The summed E-state index contributed by atoms with van der Waals surface area (Å²) in [6.07, 6.45) is 1.48. The number of benzene rings is 2. The molecule has 7 heteroatoms. The quantitative estimate of drug-likeness (QED) is 0.614. The van der Waals surface area contributed by atoms with Gasteiger partial charge in [-0.15, -0.1) is 0 Å². The number of anilines is 1. The molecule has 1 atom stereocenters. The number of ether oxygens (including phenoxy) is 1. The van der Waals surface area contributed by atoms with Crippen molar-refractivity contribution in [3.05, 3.63) is 58.7 Å². The van der Waals surface area contributed by atoms with Crippen LogP contribution in [0.4, 0.5) is 5.69 Å². The molecular weight excluding hydrogens is 400 g/mol. The monoisotopic (exact) mass is 432 g/mol. The van der Waals surface area contributed by atoms with E-state index in [1.54, 1.807) is 19.1 Å². The zero-order chi connectivity index (χ0) is 22.5. The summed E-state index contributed by atoms with van der Waals surface area (Å²) in [7, 11) is -3.65. The summed E-state index contributed by atoms with van der Waals surface area (Å²) in [5.74, 6) is 0.440. The fourth-order valence-electron chi connectivity index (χ4n) is 3.24. The first-order valence-corrected chi connectivity index (χ1v) is 11.9. The van der Waals surface area contributed by atoms with Crippen LogP contribution in [0, 0.1) is 27.7 Å². The Balaban J connectivity index is 2.10. The average molecular weight is 433 g/mol. The normalized spacial score (nSPS) is 12.3. The molecule has 0 unspecified atom stereocenters. The van der Waals surface area contributed by atoms with Gasteiger partial charge in [-0.3, -0.25) is 9.10 Å². The van der Waals surface area contributed by atoms with Gasteiger partial charge in [0.1, 0.15) is 18.4 Å². The van der Waals surface area contributed by atoms with Crippen LogP contribution in [0.3, 0.4) is 0 Å². The van der Waals surface area contributed by atoms with Gasteiger partial charge in [-0.05, 0) is 74.6 Å². The van der Waals surface area contributed by atoms with E-state index in [1.807, 2.05) is 52.0 Å². The van der Waals surface area contributed by atoms with E-state index in [4.69, 9.17) is 4.74 Å². The van der Waals surface area contributed by atoms with E-state index >= 15 is 0 Å². The zero-order valence-corrected chi connectivity index (χ0v) is 19.5. The molecule has 0 aliphatic carbocycles. The predicted octanol–water partition coefficient (Wildman–Crippen LogP) is 3.66. The summed E-state index contributed by atoms with van der Waals surface area (Å²) >= 11 is 0. The molecule has 2 aromatic rings. The molecule has 2 aromatic carbocycles. The van der Waals surface area contributed by atoms with Gasteiger partial charge in [-0.1, -0.05) is 25.1 Å². The third-order valence-electron chi connectivity index (χ3n) is 5.08. The van der Waals surface area contributed by atoms with Crippen LogP contribution in [-0.2, 0) is 14.8 Å². The number of hydrogen-bond acceptors (Lipinski definition) is 4. The topological polar surface area (TPSA) is 75.7 Å².